The molecule has 5 heteroatoms. The number of carboxylic acids is 1. The first kappa shape index (κ1) is 13.4. The van der Waals surface area contributed by atoms with Crippen molar-refractivity contribution >= 4 is 11.9 Å². The van der Waals surface area contributed by atoms with Gasteiger partial charge < -0.3 is 15.2 Å². The van der Waals surface area contributed by atoms with E-state index in [2.05, 4.69) is 5.32 Å². The van der Waals surface area contributed by atoms with E-state index in [0.717, 1.165) is 6.42 Å². The Morgan fingerprint density at radius 1 is 1.32 bits per heavy atom. The van der Waals surface area contributed by atoms with Gasteiger partial charge in [-0.05, 0) is 38.3 Å². The summed E-state index contributed by atoms with van der Waals surface area (Å²) in [5.74, 6) is -0.784. The molecule has 0 radical (unpaired) electrons. The predicted molar refractivity (Wildman–Crippen MR) is 68.9 cm³/mol. The summed E-state index contributed by atoms with van der Waals surface area (Å²) in [6.07, 6.45) is 1.05. The molecular formula is C14H17NO4. The fourth-order valence-electron chi connectivity index (χ4n) is 2.02. The van der Waals surface area contributed by atoms with Crippen LogP contribution in [-0.4, -0.2) is 28.6 Å². The molecule has 1 aromatic rings. The van der Waals surface area contributed by atoms with Crippen LogP contribution in [0.1, 0.15) is 26.2 Å². The van der Waals surface area contributed by atoms with E-state index in [1.54, 1.807) is 19.1 Å². The maximum absolute atomic E-state index is 12.0. The number of rotatable bonds is 5. The molecule has 1 fully saturated rings. The SMILES string of the molecule is CC(Oc1ccccc1)C(=O)NC1(C(=O)O)CCC1. The summed E-state index contributed by atoms with van der Waals surface area (Å²) >= 11 is 0. The average Bonchev–Trinajstić information content (AvgIpc) is 2.34. The number of ether oxygens (including phenoxy) is 1. The highest BCUT2D eigenvalue weighted by Crippen LogP contribution is 2.32. The Kier molecular flexibility index (Phi) is 3.74. The molecule has 1 amide bonds. The molecule has 2 rings (SSSR count). The van der Waals surface area contributed by atoms with E-state index in [0.29, 0.717) is 18.6 Å². The van der Waals surface area contributed by atoms with Gasteiger partial charge in [0.25, 0.3) is 5.91 Å². The highest BCUT2D eigenvalue weighted by Gasteiger charge is 2.46. The molecule has 19 heavy (non-hydrogen) atoms. The molecule has 0 heterocycles. The van der Waals surface area contributed by atoms with Gasteiger partial charge in [-0.3, -0.25) is 4.79 Å². The number of carboxylic acid groups (broad SMARTS) is 1. The first-order valence-corrected chi connectivity index (χ1v) is 6.31. The van der Waals surface area contributed by atoms with Gasteiger partial charge in [0, 0.05) is 0 Å². The van der Waals surface area contributed by atoms with Crippen LogP contribution in [-0.2, 0) is 9.59 Å². The van der Waals surface area contributed by atoms with Crippen LogP contribution in [0.15, 0.2) is 30.3 Å². The fourth-order valence-corrected chi connectivity index (χ4v) is 2.02. The van der Waals surface area contributed by atoms with Gasteiger partial charge in [-0.1, -0.05) is 18.2 Å². The lowest BCUT2D eigenvalue weighted by molar-refractivity contribution is -0.152. The zero-order valence-corrected chi connectivity index (χ0v) is 10.8. The molecule has 0 spiro atoms. The van der Waals surface area contributed by atoms with Gasteiger partial charge in [-0.25, -0.2) is 4.79 Å². The number of benzene rings is 1. The molecule has 1 aliphatic rings. The van der Waals surface area contributed by atoms with Gasteiger partial charge >= 0.3 is 5.97 Å². The fraction of sp³-hybridized carbons (Fsp3) is 0.429. The minimum Gasteiger partial charge on any atom is -0.481 e. The largest absolute Gasteiger partial charge is 0.481 e. The first-order chi connectivity index (χ1) is 9.03. The number of nitrogens with one attached hydrogen (secondary N) is 1. The number of aliphatic carboxylic acids is 1. The molecule has 1 saturated carbocycles. The normalized spacial score (nSPS) is 17.9. The maximum atomic E-state index is 12.0. The quantitative estimate of drug-likeness (QED) is 0.845. The van der Waals surface area contributed by atoms with E-state index >= 15 is 0 Å². The van der Waals surface area contributed by atoms with Crippen LogP contribution < -0.4 is 10.1 Å². The van der Waals surface area contributed by atoms with Gasteiger partial charge in [0.1, 0.15) is 11.3 Å². The Hall–Kier alpha value is -2.04. The van der Waals surface area contributed by atoms with Crippen molar-refractivity contribution in [2.75, 3.05) is 0 Å². The Morgan fingerprint density at radius 3 is 2.42 bits per heavy atom. The molecule has 1 atom stereocenters. The number of carbonyl (C=O) groups excluding carboxylic acids is 1. The van der Waals surface area contributed by atoms with Crippen molar-refractivity contribution in [2.45, 2.75) is 37.8 Å². The summed E-state index contributed by atoms with van der Waals surface area (Å²) in [4.78, 5) is 23.1. The van der Waals surface area contributed by atoms with E-state index in [4.69, 9.17) is 9.84 Å². The topological polar surface area (TPSA) is 75.6 Å². The predicted octanol–water partition coefficient (Wildman–Crippen LogP) is 1.58. The highest BCUT2D eigenvalue weighted by atomic mass is 16.5. The second-order valence-corrected chi connectivity index (χ2v) is 4.80. The van der Waals surface area contributed by atoms with Gasteiger partial charge in [-0.2, -0.15) is 0 Å². The molecule has 1 aromatic carbocycles. The van der Waals surface area contributed by atoms with E-state index in [1.165, 1.54) is 0 Å². The molecular weight excluding hydrogens is 246 g/mol. The van der Waals surface area contributed by atoms with Crippen LogP contribution in [0.3, 0.4) is 0 Å². The third-order valence-corrected chi connectivity index (χ3v) is 3.40. The molecule has 1 unspecified atom stereocenters. The number of hydrogen-bond acceptors (Lipinski definition) is 3. The van der Waals surface area contributed by atoms with Crippen LogP contribution in [0, 0.1) is 0 Å². The van der Waals surface area contributed by atoms with E-state index in [1.807, 2.05) is 18.2 Å². The summed E-state index contributed by atoms with van der Waals surface area (Å²) in [6.45, 7) is 1.61. The van der Waals surface area contributed by atoms with Gasteiger partial charge in [0.05, 0.1) is 0 Å². The van der Waals surface area contributed by atoms with Crippen molar-refractivity contribution in [2.24, 2.45) is 0 Å². The second-order valence-electron chi connectivity index (χ2n) is 4.80. The molecule has 0 bridgehead atoms. The minimum atomic E-state index is -1.09. The van der Waals surface area contributed by atoms with Gasteiger partial charge in [0.15, 0.2) is 6.10 Å². The molecule has 1 aliphatic carbocycles. The molecule has 0 aromatic heterocycles. The summed E-state index contributed by atoms with van der Waals surface area (Å²) in [7, 11) is 0. The minimum absolute atomic E-state index is 0.397. The van der Waals surface area contributed by atoms with E-state index in [-0.39, 0.29) is 0 Å². The first-order valence-electron chi connectivity index (χ1n) is 6.31. The zero-order valence-electron chi connectivity index (χ0n) is 10.8. The Balaban J connectivity index is 1.94. The molecule has 5 nitrogen and oxygen atoms in total. The summed E-state index contributed by atoms with van der Waals surface area (Å²) in [6, 6.07) is 8.97. The second kappa shape index (κ2) is 5.30. The van der Waals surface area contributed by atoms with Crippen LogP contribution in [0.5, 0.6) is 5.75 Å². The Bertz CT molecular complexity index is 468. The Morgan fingerprint density at radius 2 is 1.95 bits per heavy atom. The van der Waals surface area contributed by atoms with E-state index < -0.39 is 23.5 Å². The van der Waals surface area contributed by atoms with E-state index in [9.17, 15) is 9.59 Å². The average molecular weight is 263 g/mol. The number of carbonyl (C=O) groups is 2. The smallest absolute Gasteiger partial charge is 0.329 e. The van der Waals surface area contributed by atoms with Crippen molar-refractivity contribution in [3.63, 3.8) is 0 Å². The molecule has 2 N–H and O–H groups in total. The van der Waals surface area contributed by atoms with Crippen molar-refractivity contribution in [1.82, 2.24) is 5.32 Å². The number of para-hydroxylation sites is 1. The van der Waals surface area contributed by atoms with Crippen LogP contribution >= 0.6 is 0 Å². The van der Waals surface area contributed by atoms with Gasteiger partial charge in [-0.15, -0.1) is 0 Å². The van der Waals surface area contributed by atoms with Crippen molar-refractivity contribution in [3.05, 3.63) is 30.3 Å². The van der Waals surface area contributed by atoms with Crippen LogP contribution in [0.4, 0.5) is 0 Å². The summed E-state index contributed by atoms with van der Waals surface area (Å²) in [5.41, 5.74) is -1.09. The zero-order chi connectivity index (χ0) is 13.9. The lowest BCUT2D eigenvalue weighted by atomic mass is 9.76. The summed E-state index contributed by atoms with van der Waals surface area (Å²) < 4.78 is 5.47. The number of hydrogen-bond donors (Lipinski definition) is 2. The van der Waals surface area contributed by atoms with Gasteiger partial charge in [0.2, 0.25) is 0 Å². The molecule has 102 valence electrons. The monoisotopic (exact) mass is 263 g/mol. The highest BCUT2D eigenvalue weighted by molar-refractivity contribution is 5.89. The molecule has 0 saturated heterocycles. The van der Waals surface area contributed by atoms with Crippen molar-refractivity contribution in [1.29, 1.82) is 0 Å². The standard InChI is InChI=1S/C14H17NO4/c1-10(19-11-6-3-2-4-7-11)12(16)15-14(13(17)18)8-5-9-14/h2-4,6-7,10H,5,8-9H2,1H3,(H,15,16)(H,17,18). The third-order valence-electron chi connectivity index (χ3n) is 3.40. The van der Waals surface area contributed by atoms with Crippen molar-refractivity contribution in [3.8, 4) is 5.75 Å². The van der Waals surface area contributed by atoms with Crippen molar-refractivity contribution < 1.29 is 19.4 Å². The number of amides is 1. The maximum Gasteiger partial charge on any atom is 0.329 e. The molecule has 0 aliphatic heterocycles. The summed E-state index contributed by atoms with van der Waals surface area (Å²) in [5, 5.41) is 11.7. The lowest BCUT2D eigenvalue weighted by Crippen LogP contribution is -2.61. The Labute approximate surface area is 111 Å². The van der Waals surface area contributed by atoms with Crippen LogP contribution in [0.25, 0.3) is 0 Å². The third kappa shape index (κ3) is 2.86. The van der Waals surface area contributed by atoms with Crippen LogP contribution in [0.2, 0.25) is 0 Å². The lowest BCUT2D eigenvalue weighted by Gasteiger charge is -2.38.